The molecule has 1 aromatic heterocycles. The first-order chi connectivity index (χ1) is 10.3. The number of rotatable bonds is 2. The lowest BCUT2D eigenvalue weighted by Crippen LogP contribution is -2.26. The molecule has 2 aromatic rings. The maximum atomic E-state index is 12.4. The number of halogens is 3. The number of hydrogen-bond acceptors (Lipinski definition) is 4. The van der Waals surface area contributed by atoms with E-state index in [9.17, 15) is 13.2 Å². The summed E-state index contributed by atoms with van der Waals surface area (Å²) in [5.74, 6) is -2.22. The van der Waals surface area contributed by atoms with E-state index >= 15 is 0 Å². The molecule has 11 heteroatoms. The average molecular weight is 313 g/mol. The largest absolute Gasteiger partial charge is 0.470 e. The van der Waals surface area contributed by atoms with Crippen LogP contribution in [0.1, 0.15) is 5.89 Å². The van der Waals surface area contributed by atoms with Gasteiger partial charge in [-0.2, -0.15) is 18.2 Å². The van der Waals surface area contributed by atoms with Crippen molar-refractivity contribution in [3.63, 3.8) is 0 Å². The van der Waals surface area contributed by atoms with Gasteiger partial charge in [-0.15, -0.1) is 10.2 Å². The SMILES string of the molecule is NC(N)=NC(N)=Nc1cccc(-c2nnc(C(F)(F)F)o2)c1. The van der Waals surface area contributed by atoms with Crippen molar-refractivity contribution in [2.45, 2.75) is 6.18 Å². The molecular weight excluding hydrogens is 303 g/mol. The second-order valence-electron chi connectivity index (χ2n) is 3.97. The van der Waals surface area contributed by atoms with Crippen molar-refractivity contribution in [1.29, 1.82) is 0 Å². The van der Waals surface area contributed by atoms with Crippen LogP contribution < -0.4 is 17.2 Å². The Bertz CT molecular complexity index is 731. The van der Waals surface area contributed by atoms with Gasteiger partial charge in [-0.25, -0.2) is 4.99 Å². The van der Waals surface area contributed by atoms with Crippen LogP contribution in [-0.4, -0.2) is 22.1 Å². The van der Waals surface area contributed by atoms with Crippen LogP contribution in [0.2, 0.25) is 0 Å². The average Bonchev–Trinajstić information content (AvgIpc) is 2.87. The quantitative estimate of drug-likeness (QED) is 0.557. The van der Waals surface area contributed by atoms with Crippen molar-refractivity contribution in [3.05, 3.63) is 30.2 Å². The van der Waals surface area contributed by atoms with Gasteiger partial charge in [0.25, 0.3) is 0 Å². The van der Waals surface area contributed by atoms with Crippen LogP contribution in [0.3, 0.4) is 0 Å². The van der Waals surface area contributed by atoms with Crippen molar-refractivity contribution in [2.24, 2.45) is 27.2 Å². The second-order valence-corrected chi connectivity index (χ2v) is 3.97. The summed E-state index contributed by atoms with van der Waals surface area (Å²) in [7, 11) is 0. The number of alkyl halides is 3. The normalized spacial score (nSPS) is 12.2. The highest BCUT2D eigenvalue weighted by Crippen LogP contribution is 2.31. The van der Waals surface area contributed by atoms with Crippen molar-refractivity contribution >= 4 is 17.6 Å². The molecule has 0 aliphatic carbocycles. The maximum absolute atomic E-state index is 12.4. The Morgan fingerprint density at radius 2 is 1.86 bits per heavy atom. The summed E-state index contributed by atoms with van der Waals surface area (Å²) in [5, 5.41) is 6.27. The Morgan fingerprint density at radius 3 is 2.45 bits per heavy atom. The van der Waals surface area contributed by atoms with Crippen molar-refractivity contribution in [3.8, 4) is 11.5 Å². The molecule has 0 spiro atoms. The molecular formula is C11H10F3N7O. The zero-order valence-electron chi connectivity index (χ0n) is 10.9. The molecule has 116 valence electrons. The van der Waals surface area contributed by atoms with Crippen LogP contribution in [0, 0.1) is 0 Å². The first-order valence-corrected chi connectivity index (χ1v) is 5.70. The van der Waals surface area contributed by atoms with E-state index in [0.717, 1.165) is 0 Å². The maximum Gasteiger partial charge on any atom is 0.470 e. The Balaban J connectivity index is 2.33. The molecule has 0 atom stereocenters. The van der Waals surface area contributed by atoms with E-state index in [2.05, 4.69) is 24.6 Å². The summed E-state index contributed by atoms with van der Waals surface area (Å²) in [5.41, 5.74) is 16.3. The number of nitrogens with zero attached hydrogens (tertiary/aromatic N) is 4. The lowest BCUT2D eigenvalue weighted by molar-refractivity contribution is -0.156. The number of guanidine groups is 2. The van der Waals surface area contributed by atoms with Gasteiger partial charge in [-0.1, -0.05) is 6.07 Å². The molecule has 1 aromatic carbocycles. The molecule has 0 aliphatic heterocycles. The minimum atomic E-state index is -4.71. The monoisotopic (exact) mass is 313 g/mol. The van der Waals surface area contributed by atoms with Crippen molar-refractivity contribution in [1.82, 2.24) is 10.2 Å². The molecule has 0 fully saturated rings. The third-order valence-electron chi connectivity index (χ3n) is 2.25. The highest BCUT2D eigenvalue weighted by molar-refractivity contribution is 5.93. The van der Waals surface area contributed by atoms with Crippen LogP contribution in [0.25, 0.3) is 11.5 Å². The van der Waals surface area contributed by atoms with Crippen LogP contribution in [-0.2, 0) is 6.18 Å². The number of nitrogens with two attached hydrogens (primary N) is 3. The fourth-order valence-corrected chi connectivity index (χ4v) is 1.45. The first kappa shape index (κ1) is 15.3. The molecule has 6 N–H and O–H groups in total. The first-order valence-electron chi connectivity index (χ1n) is 5.70. The van der Waals surface area contributed by atoms with E-state index in [4.69, 9.17) is 17.2 Å². The van der Waals surface area contributed by atoms with Gasteiger partial charge < -0.3 is 21.6 Å². The molecule has 1 heterocycles. The Labute approximate surface area is 121 Å². The molecule has 8 nitrogen and oxygen atoms in total. The van der Waals surface area contributed by atoms with Gasteiger partial charge in [-0.05, 0) is 18.2 Å². The van der Waals surface area contributed by atoms with Crippen molar-refractivity contribution < 1.29 is 17.6 Å². The van der Waals surface area contributed by atoms with Crippen LogP contribution in [0.5, 0.6) is 0 Å². The van der Waals surface area contributed by atoms with E-state index in [1.165, 1.54) is 18.2 Å². The zero-order chi connectivity index (χ0) is 16.3. The summed E-state index contributed by atoms with van der Waals surface area (Å²) in [6, 6.07) is 5.93. The fraction of sp³-hybridized carbons (Fsp3) is 0.0909. The van der Waals surface area contributed by atoms with E-state index < -0.39 is 12.1 Å². The zero-order valence-corrected chi connectivity index (χ0v) is 10.9. The molecule has 0 bridgehead atoms. The summed E-state index contributed by atoms with van der Waals surface area (Å²) >= 11 is 0. The van der Waals surface area contributed by atoms with Gasteiger partial charge in [0.2, 0.25) is 11.9 Å². The third kappa shape index (κ3) is 3.71. The Kier molecular flexibility index (Phi) is 3.97. The Hall–Kier alpha value is -3.11. The number of aliphatic imine (C=N–C) groups is 2. The minimum absolute atomic E-state index is 0.210. The lowest BCUT2D eigenvalue weighted by atomic mass is 10.2. The van der Waals surface area contributed by atoms with E-state index in [1.54, 1.807) is 6.07 Å². The molecule has 0 aliphatic rings. The highest BCUT2D eigenvalue weighted by Gasteiger charge is 2.38. The summed E-state index contributed by atoms with van der Waals surface area (Å²) in [6.07, 6.45) is -4.71. The van der Waals surface area contributed by atoms with E-state index in [0.29, 0.717) is 5.69 Å². The second kappa shape index (κ2) is 5.71. The molecule has 0 radical (unpaired) electrons. The number of aromatic nitrogens is 2. The standard InChI is InChI=1S/C11H10F3N7O/c12-11(13,14)8-21-20-7(22-8)5-2-1-3-6(4-5)18-10(17)19-9(15)16/h1-4H,(H6,15,16,17,18,19). The molecule has 22 heavy (non-hydrogen) atoms. The van der Waals surface area contributed by atoms with Crippen LogP contribution in [0.15, 0.2) is 38.7 Å². The summed E-state index contributed by atoms with van der Waals surface area (Å²) in [6.45, 7) is 0. The minimum Gasteiger partial charge on any atom is -0.413 e. The lowest BCUT2D eigenvalue weighted by Gasteiger charge is -1.99. The molecule has 0 unspecified atom stereocenters. The highest BCUT2D eigenvalue weighted by atomic mass is 19.4. The molecule has 2 rings (SSSR count). The van der Waals surface area contributed by atoms with Gasteiger partial charge in [0.05, 0.1) is 5.69 Å². The van der Waals surface area contributed by atoms with Gasteiger partial charge in [-0.3, -0.25) is 0 Å². The van der Waals surface area contributed by atoms with Crippen LogP contribution in [0.4, 0.5) is 18.9 Å². The third-order valence-corrected chi connectivity index (χ3v) is 2.25. The predicted octanol–water partition coefficient (Wildman–Crippen LogP) is 0.975. The van der Waals surface area contributed by atoms with Crippen LogP contribution >= 0.6 is 0 Å². The smallest absolute Gasteiger partial charge is 0.413 e. The van der Waals surface area contributed by atoms with E-state index in [1.807, 2.05) is 0 Å². The van der Waals surface area contributed by atoms with E-state index in [-0.39, 0.29) is 23.4 Å². The number of benzene rings is 1. The van der Waals surface area contributed by atoms with Gasteiger partial charge in [0.15, 0.2) is 5.96 Å². The predicted molar refractivity (Wildman–Crippen MR) is 71.8 cm³/mol. The summed E-state index contributed by atoms with van der Waals surface area (Å²) in [4.78, 5) is 7.39. The molecule has 0 saturated carbocycles. The van der Waals surface area contributed by atoms with Crippen molar-refractivity contribution in [2.75, 3.05) is 0 Å². The number of hydrogen-bond donors (Lipinski definition) is 3. The van der Waals surface area contributed by atoms with Gasteiger partial charge in [0.1, 0.15) is 0 Å². The van der Waals surface area contributed by atoms with Gasteiger partial charge >= 0.3 is 12.1 Å². The summed E-state index contributed by atoms with van der Waals surface area (Å²) < 4.78 is 41.8. The molecule has 0 saturated heterocycles. The molecule has 0 amide bonds. The fourth-order valence-electron chi connectivity index (χ4n) is 1.45. The topological polar surface area (TPSA) is 142 Å². The van der Waals surface area contributed by atoms with Gasteiger partial charge in [0, 0.05) is 5.56 Å². The Morgan fingerprint density at radius 1 is 1.14 bits per heavy atom.